The average molecular weight is 314 g/mol. The monoisotopic (exact) mass is 314 g/mol. The largest absolute Gasteiger partial charge is 0.497 e. The quantitative estimate of drug-likeness (QED) is 0.799. The maximum atomic E-state index is 13.6. The van der Waals surface area contributed by atoms with E-state index in [-0.39, 0.29) is 17.5 Å². The number of ether oxygens (including phenoxy) is 2. The first kappa shape index (κ1) is 15.5. The van der Waals surface area contributed by atoms with Crippen molar-refractivity contribution in [1.82, 2.24) is 0 Å². The second-order valence-corrected chi connectivity index (χ2v) is 5.73. The molecule has 1 atom stereocenters. The summed E-state index contributed by atoms with van der Waals surface area (Å²) in [5, 5.41) is 0. The molecule has 1 aliphatic rings. The van der Waals surface area contributed by atoms with Crippen LogP contribution >= 0.6 is 0 Å². The van der Waals surface area contributed by atoms with E-state index in [9.17, 15) is 9.18 Å². The van der Waals surface area contributed by atoms with Crippen LogP contribution in [0.2, 0.25) is 0 Å². The van der Waals surface area contributed by atoms with Crippen molar-refractivity contribution in [1.29, 1.82) is 0 Å². The van der Waals surface area contributed by atoms with Gasteiger partial charge in [0.25, 0.3) is 0 Å². The number of hydrogen-bond donors (Lipinski definition) is 0. The lowest BCUT2D eigenvalue weighted by molar-refractivity contribution is 0.0957. The Morgan fingerprint density at radius 3 is 2.65 bits per heavy atom. The second-order valence-electron chi connectivity index (χ2n) is 5.73. The van der Waals surface area contributed by atoms with Crippen molar-refractivity contribution in [2.24, 2.45) is 0 Å². The van der Waals surface area contributed by atoms with Crippen molar-refractivity contribution in [2.45, 2.75) is 25.2 Å². The van der Waals surface area contributed by atoms with Gasteiger partial charge < -0.3 is 9.47 Å². The van der Waals surface area contributed by atoms with Crippen LogP contribution in [0.5, 0.6) is 11.5 Å². The van der Waals surface area contributed by atoms with Gasteiger partial charge in [-0.05, 0) is 60.7 Å². The van der Waals surface area contributed by atoms with Crippen molar-refractivity contribution >= 4 is 5.78 Å². The highest BCUT2D eigenvalue weighted by Crippen LogP contribution is 2.34. The summed E-state index contributed by atoms with van der Waals surface area (Å²) in [4.78, 5) is 12.9. The molecule has 0 amide bonds. The number of Topliss-reactive ketones (excluding diaryl/α,β-unsaturated/α-hetero) is 1. The molecule has 0 aromatic heterocycles. The van der Waals surface area contributed by atoms with Gasteiger partial charge >= 0.3 is 0 Å². The van der Waals surface area contributed by atoms with Crippen LogP contribution in [0.3, 0.4) is 0 Å². The maximum Gasteiger partial charge on any atom is 0.170 e. The SMILES string of the molecule is COc1ccc2c(c1)CCCC(c1ccc(F)c(OC)c1)C2=O. The minimum Gasteiger partial charge on any atom is -0.497 e. The summed E-state index contributed by atoms with van der Waals surface area (Å²) in [5.41, 5.74) is 2.56. The third-order valence-electron chi connectivity index (χ3n) is 4.41. The second kappa shape index (κ2) is 6.41. The lowest BCUT2D eigenvalue weighted by atomic mass is 9.88. The van der Waals surface area contributed by atoms with Crippen LogP contribution in [0.25, 0.3) is 0 Å². The Bertz CT molecular complexity index is 739. The third-order valence-corrected chi connectivity index (χ3v) is 4.41. The first-order chi connectivity index (χ1) is 11.1. The standard InChI is InChI=1S/C19H19FO3/c1-22-14-7-8-16-12(10-14)4-3-5-15(19(16)21)13-6-9-17(20)18(11-13)23-2/h6-11,15H,3-5H2,1-2H3. The van der Waals surface area contributed by atoms with Crippen LogP contribution in [0.15, 0.2) is 36.4 Å². The summed E-state index contributed by atoms with van der Waals surface area (Å²) in [6.07, 6.45) is 2.48. The smallest absolute Gasteiger partial charge is 0.170 e. The molecule has 0 saturated heterocycles. The Balaban J connectivity index is 1.99. The summed E-state index contributed by atoms with van der Waals surface area (Å²) in [7, 11) is 3.05. The van der Waals surface area contributed by atoms with Crippen molar-refractivity contribution in [2.75, 3.05) is 14.2 Å². The molecule has 2 aromatic rings. The van der Waals surface area contributed by atoms with Gasteiger partial charge in [-0.1, -0.05) is 6.07 Å². The molecule has 120 valence electrons. The van der Waals surface area contributed by atoms with Crippen LogP contribution in [0.4, 0.5) is 4.39 Å². The summed E-state index contributed by atoms with van der Waals surface area (Å²) in [6.45, 7) is 0. The fourth-order valence-corrected chi connectivity index (χ4v) is 3.17. The molecule has 0 aliphatic heterocycles. The Morgan fingerprint density at radius 2 is 1.91 bits per heavy atom. The Labute approximate surface area is 135 Å². The van der Waals surface area contributed by atoms with Crippen molar-refractivity contribution in [3.8, 4) is 11.5 Å². The molecule has 0 N–H and O–H groups in total. The molecule has 0 heterocycles. The van der Waals surface area contributed by atoms with Gasteiger partial charge in [0.15, 0.2) is 17.3 Å². The molecule has 23 heavy (non-hydrogen) atoms. The molecule has 2 aromatic carbocycles. The summed E-state index contributed by atoms with van der Waals surface area (Å²) in [6, 6.07) is 10.2. The minimum absolute atomic E-state index is 0.0776. The summed E-state index contributed by atoms with van der Waals surface area (Å²) >= 11 is 0. The highest BCUT2D eigenvalue weighted by molar-refractivity contribution is 6.02. The Kier molecular flexibility index (Phi) is 4.33. The maximum absolute atomic E-state index is 13.6. The van der Waals surface area contributed by atoms with Crippen molar-refractivity contribution in [3.63, 3.8) is 0 Å². The average Bonchev–Trinajstić information content (AvgIpc) is 2.74. The Morgan fingerprint density at radius 1 is 1.09 bits per heavy atom. The van der Waals surface area contributed by atoms with E-state index in [4.69, 9.17) is 9.47 Å². The minimum atomic E-state index is -0.414. The molecule has 3 rings (SSSR count). The number of carbonyl (C=O) groups is 1. The van der Waals surface area contributed by atoms with Gasteiger partial charge in [-0.2, -0.15) is 0 Å². The molecule has 0 fully saturated rings. The predicted molar refractivity (Wildman–Crippen MR) is 86.0 cm³/mol. The van der Waals surface area contributed by atoms with Crippen LogP contribution in [0, 0.1) is 5.82 Å². The van der Waals surface area contributed by atoms with Gasteiger partial charge in [-0.25, -0.2) is 4.39 Å². The van der Waals surface area contributed by atoms with Gasteiger partial charge in [0.2, 0.25) is 0 Å². The van der Waals surface area contributed by atoms with Gasteiger partial charge in [-0.15, -0.1) is 0 Å². The molecule has 0 radical (unpaired) electrons. The van der Waals surface area contributed by atoms with Crippen LogP contribution < -0.4 is 9.47 Å². The van der Waals surface area contributed by atoms with Crippen LogP contribution in [-0.4, -0.2) is 20.0 Å². The highest BCUT2D eigenvalue weighted by atomic mass is 19.1. The number of ketones is 1. The number of carbonyl (C=O) groups excluding carboxylic acids is 1. The number of fused-ring (bicyclic) bond motifs is 1. The van der Waals surface area contributed by atoms with E-state index in [0.29, 0.717) is 0 Å². The van der Waals surface area contributed by atoms with E-state index in [1.54, 1.807) is 19.2 Å². The molecule has 0 bridgehead atoms. The highest BCUT2D eigenvalue weighted by Gasteiger charge is 2.27. The number of hydrogen-bond acceptors (Lipinski definition) is 3. The lowest BCUT2D eigenvalue weighted by Crippen LogP contribution is -2.12. The van der Waals surface area contributed by atoms with E-state index in [2.05, 4.69) is 0 Å². The molecule has 1 aliphatic carbocycles. The first-order valence-corrected chi connectivity index (χ1v) is 7.68. The number of halogens is 1. The van der Waals surface area contributed by atoms with Gasteiger partial charge in [0.05, 0.1) is 14.2 Å². The third kappa shape index (κ3) is 2.93. The molecular formula is C19H19FO3. The molecule has 3 nitrogen and oxygen atoms in total. The van der Waals surface area contributed by atoms with E-state index in [1.807, 2.05) is 18.2 Å². The van der Waals surface area contributed by atoms with Crippen molar-refractivity contribution in [3.05, 3.63) is 58.9 Å². The number of aryl methyl sites for hydroxylation is 1. The number of methoxy groups -OCH3 is 2. The lowest BCUT2D eigenvalue weighted by Gasteiger charge is -2.15. The van der Waals surface area contributed by atoms with Crippen LogP contribution in [-0.2, 0) is 6.42 Å². The van der Waals surface area contributed by atoms with Crippen molar-refractivity contribution < 1.29 is 18.7 Å². The van der Waals surface area contributed by atoms with E-state index in [0.717, 1.165) is 41.7 Å². The van der Waals surface area contributed by atoms with E-state index in [1.165, 1.54) is 13.2 Å². The summed E-state index contributed by atoms with van der Waals surface area (Å²) < 4.78 is 23.9. The molecular weight excluding hydrogens is 295 g/mol. The molecule has 1 unspecified atom stereocenters. The fraction of sp³-hybridized carbons (Fsp3) is 0.316. The van der Waals surface area contributed by atoms with Gasteiger partial charge in [-0.3, -0.25) is 4.79 Å². The molecule has 0 spiro atoms. The fourth-order valence-electron chi connectivity index (χ4n) is 3.17. The van der Waals surface area contributed by atoms with E-state index >= 15 is 0 Å². The number of benzene rings is 2. The molecule has 0 saturated carbocycles. The molecule has 4 heteroatoms. The zero-order chi connectivity index (χ0) is 16.4. The number of rotatable bonds is 3. The summed E-state index contributed by atoms with van der Waals surface area (Å²) in [5.74, 6) is 0.336. The van der Waals surface area contributed by atoms with E-state index < -0.39 is 5.82 Å². The zero-order valence-electron chi connectivity index (χ0n) is 13.3. The topological polar surface area (TPSA) is 35.5 Å². The first-order valence-electron chi connectivity index (χ1n) is 7.68. The normalized spacial score (nSPS) is 17.3. The van der Waals surface area contributed by atoms with Gasteiger partial charge in [0.1, 0.15) is 5.75 Å². The zero-order valence-corrected chi connectivity index (χ0v) is 13.3. The van der Waals surface area contributed by atoms with Crippen LogP contribution in [0.1, 0.15) is 40.2 Å². The Hall–Kier alpha value is -2.36. The predicted octanol–water partition coefficient (Wildman–Crippen LogP) is 4.15. The van der Waals surface area contributed by atoms with Gasteiger partial charge in [0, 0.05) is 11.5 Å².